The first kappa shape index (κ1) is 20.4. The summed E-state index contributed by atoms with van der Waals surface area (Å²) in [4.78, 5) is 22.9. The highest BCUT2D eigenvalue weighted by molar-refractivity contribution is 5.66. The van der Waals surface area contributed by atoms with E-state index < -0.39 is 5.60 Å². The van der Waals surface area contributed by atoms with Crippen molar-refractivity contribution in [3.8, 4) is 0 Å². The van der Waals surface area contributed by atoms with Crippen LogP contribution in [0.5, 0.6) is 0 Å². The number of hydrogen-bond donors (Lipinski definition) is 0. The van der Waals surface area contributed by atoms with Crippen molar-refractivity contribution in [1.29, 1.82) is 0 Å². The van der Waals surface area contributed by atoms with Crippen LogP contribution in [0.3, 0.4) is 0 Å². The minimum atomic E-state index is -0.395. The Balaban J connectivity index is 2.01. The summed E-state index contributed by atoms with van der Waals surface area (Å²) in [5.41, 5.74) is 1.10. The number of ether oxygens (including phenoxy) is 2. The van der Waals surface area contributed by atoms with E-state index in [0.717, 1.165) is 38.5 Å². The quantitative estimate of drug-likeness (QED) is 0.397. The third kappa shape index (κ3) is 3.45. The number of allylic oxidation sites excluding steroid dienone is 1. The van der Waals surface area contributed by atoms with Crippen molar-refractivity contribution in [3.63, 3.8) is 0 Å². The second-order valence-corrected chi connectivity index (χ2v) is 9.97. The smallest absolute Gasteiger partial charge is 0.302 e. The second-order valence-electron chi connectivity index (χ2n) is 9.97. The van der Waals surface area contributed by atoms with Crippen molar-refractivity contribution in [2.75, 3.05) is 0 Å². The van der Waals surface area contributed by atoms with Gasteiger partial charge in [-0.2, -0.15) is 0 Å². The van der Waals surface area contributed by atoms with Gasteiger partial charge in [-0.15, -0.1) is 0 Å². The molecule has 0 aliphatic heterocycles. The molecular formula is C23H36O4. The minimum Gasteiger partial charge on any atom is -0.462 e. The first-order valence-corrected chi connectivity index (χ1v) is 10.6. The molecule has 3 aliphatic rings. The van der Waals surface area contributed by atoms with Gasteiger partial charge in [-0.3, -0.25) is 9.59 Å². The summed E-state index contributed by atoms with van der Waals surface area (Å²) in [5.74, 6) is 1.79. The van der Waals surface area contributed by atoms with Crippen molar-refractivity contribution in [2.24, 2.45) is 35.0 Å². The van der Waals surface area contributed by atoms with Crippen LogP contribution in [-0.4, -0.2) is 24.1 Å². The molecule has 0 saturated heterocycles. The lowest BCUT2D eigenvalue weighted by Gasteiger charge is -2.62. The molecule has 3 rings (SSSR count). The Hall–Kier alpha value is -1.32. The van der Waals surface area contributed by atoms with Gasteiger partial charge in [0.25, 0.3) is 6.47 Å². The Bertz CT molecular complexity index is 613. The number of carbonyl (C=O) groups excluding carboxylic acids is 2. The van der Waals surface area contributed by atoms with E-state index in [9.17, 15) is 9.59 Å². The van der Waals surface area contributed by atoms with Crippen molar-refractivity contribution < 1.29 is 19.1 Å². The molecule has 0 amide bonds. The zero-order valence-electron chi connectivity index (χ0n) is 17.6. The molecule has 152 valence electrons. The molecule has 0 aromatic rings. The molecule has 0 unspecified atom stereocenters. The van der Waals surface area contributed by atoms with Crippen molar-refractivity contribution >= 4 is 12.4 Å². The van der Waals surface area contributed by atoms with E-state index in [2.05, 4.69) is 34.3 Å². The maximum Gasteiger partial charge on any atom is 0.302 e. The molecule has 0 aromatic heterocycles. The monoisotopic (exact) mass is 376 g/mol. The van der Waals surface area contributed by atoms with Crippen molar-refractivity contribution in [3.05, 3.63) is 12.2 Å². The fourth-order valence-electron chi connectivity index (χ4n) is 7.08. The van der Waals surface area contributed by atoms with Crippen LogP contribution in [0.25, 0.3) is 0 Å². The predicted octanol–water partition coefficient (Wildman–Crippen LogP) is 4.91. The molecule has 3 aliphatic carbocycles. The SMILES string of the molecule is C=C(C)[C@@H]1CC[C@](C)(OC=O)[C@@H]2CC[C@@]3(C)CC[C@@H](OC(C)=O)[C@H](C)[C@@H]3[C@@H]21. The lowest BCUT2D eigenvalue weighted by Crippen LogP contribution is -2.60. The average molecular weight is 377 g/mol. The van der Waals surface area contributed by atoms with Crippen LogP contribution >= 0.6 is 0 Å². The van der Waals surface area contributed by atoms with E-state index in [4.69, 9.17) is 9.47 Å². The molecule has 4 heteroatoms. The third-order valence-corrected chi connectivity index (χ3v) is 8.33. The van der Waals surface area contributed by atoms with E-state index in [1.165, 1.54) is 12.5 Å². The van der Waals surface area contributed by atoms with Gasteiger partial charge in [0.15, 0.2) is 0 Å². The fraction of sp³-hybridized carbons (Fsp3) is 0.826. The van der Waals surface area contributed by atoms with Gasteiger partial charge in [0.2, 0.25) is 0 Å². The van der Waals surface area contributed by atoms with Crippen LogP contribution in [0.15, 0.2) is 12.2 Å². The number of carbonyl (C=O) groups is 2. The lowest BCUT2D eigenvalue weighted by atomic mass is 9.44. The number of hydrogen-bond acceptors (Lipinski definition) is 4. The number of esters is 1. The average Bonchev–Trinajstić information content (AvgIpc) is 2.57. The van der Waals surface area contributed by atoms with Gasteiger partial charge in [0, 0.05) is 12.8 Å². The molecule has 0 N–H and O–H groups in total. The van der Waals surface area contributed by atoms with Gasteiger partial charge < -0.3 is 9.47 Å². The topological polar surface area (TPSA) is 52.6 Å². The molecular weight excluding hydrogens is 340 g/mol. The largest absolute Gasteiger partial charge is 0.462 e. The maximum absolute atomic E-state index is 11.6. The minimum absolute atomic E-state index is 0.00901. The Morgan fingerprint density at radius 2 is 1.78 bits per heavy atom. The van der Waals surface area contributed by atoms with Crippen LogP contribution in [0.4, 0.5) is 0 Å². The normalized spacial score (nSPS) is 46.6. The molecule has 3 saturated carbocycles. The van der Waals surface area contributed by atoms with Crippen molar-refractivity contribution in [2.45, 2.75) is 84.8 Å². The lowest BCUT2D eigenvalue weighted by molar-refractivity contribution is -0.197. The molecule has 3 fully saturated rings. The predicted molar refractivity (Wildman–Crippen MR) is 105 cm³/mol. The van der Waals surface area contributed by atoms with E-state index >= 15 is 0 Å². The van der Waals surface area contributed by atoms with Gasteiger partial charge in [-0.1, -0.05) is 26.0 Å². The van der Waals surface area contributed by atoms with Crippen LogP contribution in [0.1, 0.15) is 73.1 Å². The summed E-state index contributed by atoms with van der Waals surface area (Å²) in [6.07, 6.45) is 6.19. The first-order chi connectivity index (χ1) is 12.6. The van der Waals surface area contributed by atoms with Gasteiger partial charge >= 0.3 is 5.97 Å². The van der Waals surface area contributed by atoms with Gasteiger partial charge in [-0.05, 0) is 81.5 Å². The molecule has 0 spiro atoms. The van der Waals surface area contributed by atoms with E-state index in [1.807, 2.05) is 0 Å². The van der Waals surface area contributed by atoms with Crippen LogP contribution in [0, 0.1) is 35.0 Å². The van der Waals surface area contributed by atoms with E-state index in [0.29, 0.717) is 36.1 Å². The molecule has 0 radical (unpaired) electrons. The molecule has 4 nitrogen and oxygen atoms in total. The highest BCUT2D eigenvalue weighted by Crippen LogP contribution is 2.63. The first-order valence-electron chi connectivity index (χ1n) is 10.6. The molecule has 0 bridgehead atoms. The maximum atomic E-state index is 11.6. The zero-order valence-corrected chi connectivity index (χ0v) is 17.6. The Morgan fingerprint density at radius 3 is 2.37 bits per heavy atom. The van der Waals surface area contributed by atoms with Gasteiger partial charge in [0.05, 0.1) is 0 Å². The van der Waals surface area contributed by atoms with Crippen LogP contribution in [-0.2, 0) is 19.1 Å². The van der Waals surface area contributed by atoms with Gasteiger partial charge in [0.1, 0.15) is 11.7 Å². The van der Waals surface area contributed by atoms with E-state index in [-0.39, 0.29) is 17.5 Å². The molecule has 0 aromatic carbocycles. The Labute approximate surface area is 164 Å². The summed E-state index contributed by atoms with van der Waals surface area (Å²) in [5, 5.41) is 0. The summed E-state index contributed by atoms with van der Waals surface area (Å²) >= 11 is 0. The molecule has 27 heavy (non-hydrogen) atoms. The van der Waals surface area contributed by atoms with E-state index in [1.54, 1.807) is 0 Å². The summed E-state index contributed by atoms with van der Waals surface area (Å²) in [6.45, 7) is 15.4. The standard InChI is InChI=1S/C23H36O4/c1-14(2)17-7-12-23(6,26-13-24)18-8-10-22(5)11-9-19(27-16(4)25)15(3)21(22)20(17)18/h13,15,17-21H,1,7-12H2,2-6H3/t15-,17-,18+,19+,20+,21+,22-,23-/m0/s1. The highest BCUT2D eigenvalue weighted by Gasteiger charge is 2.60. The summed E-state index contributed by atoms with van der Waals surface area (Å²) in [6, 6.07) is 0. The van der Waals surface area contributed by atoms with Crippen LogP contribution < -0.4 is 0 Å². The third-order valence-electron chi connectivity index (χ3n) is 8.33. The Kier molecular flexibility index (Phi) is 5.48. The van der Waals surface area contributed by atoms with Gasteiger partial charge in [-0.25, -0.2) is 0 Å². The van der Waals surface area contributed by atoms with Crippen LogP contribution in [0.2, 0.25) is 0 Å². The Morgan fingerprint density at radius 1 is 1.11 bits per heavy atom. The molecule has 8 atom stereocenters. The van der Waals surface area contributed by atoms with Crippen molar-refractivity contribution in [1.82, 2.24) is 0 Å². The summed E-state index contributed by atoms with van der Waals surface area (Å²) in [7, 11) is 0. The fourth-order valence-corrected chi connectivity index (χ4v) is 7.08. The zero-order chi connectivity index (χ0) is 20.0. The number of rotatable bonds is 4. The highest BCUT2D eigenvalue weighted by atomic mass is 16.5. The second kappa shape index (κ2) is 7.25. The number of fused-ring (bicyclic) bond motifs is 3. The molecule has 0 heterocycles. The summed E-state index contributed by atoms with van der Waals surface area (Å²) < 4.78 is 11.4.